The Labute approximate surface area is 213 Å². The van der Waals surface area contributed by atoms with Gasteiger partial charge in [0.2, 0.25) is 0 Å². The van der Waals surface area contributed by atoms with Crippen molar-refractivity contribution in [3.05, 3.63) is 59.9 Å². The van der Waals surface area contributed by atoms with Crippen molar-refractivity contribution < 1.29 is 34.4 Å². The topological polar surface area (TPSA) is 159 Å². The largest absolute Gasteiger partial charge is 0.456 e. The second kappa shape index (κ2) is 10.7. The summed E-state index contributed by atoms with van der Waals surface area (Å²) in [4.78, 5) is 14.9. The third-order valence-electron chi connectivity index (χ3n) is 6.51. The van der Waals surface area contributed by atoms with Gasteiger partial charge in [-0.15, -0.1) is 0 Å². The van der Waals surface area contributed by atoms with Crippen LogP contribution in [-0.2, 0) is 9.53 Å². The van der Waals surface area contributed by atoms with E-state index in [0.29, 0.717) is 11.5 Å². The van der Waals surface area contributed by atoms with Gasteiger partial charge in [-0.1, -0.05) is 18.2 Å². The number of allylic oxidation sites excluding steroid dienone is 1. The Balaban J connectivity index is 1.56. The summed E-state index contributed by atoms with van der Waals surface area (Å²) in [5.41, 5.74) is 1.86. The van der Waals surface area contributed by atoms with E-state index in [1.807, 2.05) is 55.4 Å². The second-order valence-electron chi connectivity index (χ2n) is 9.14. The number of fused-ring (bicyclic) bond motifs is 1. The highest BCUT2D eigenvalue weighted by Gasteiger charge is 2.44. The SMILES string of the molecule is C/C(=C(/C#N)C(=O)N[C@H]1C(O)O[C@H](CO)[C@@H](O)[C@@H]1O)c1ccc(-c2ccc3cc(N(C)C)ccc3c2)o1. The minimum absolute atomic E-state index is 0.247. The summed E-state index contributed by atoms with van der Waals surface area (Å²) in [6.45, 7) is 0.915. The van der Waals surface area contributed by atoms with Crippen LogP contribution in [0, 0.1) is 11.3 Å². The molecule has 2 aromatic carbocycles. The molecule has 1 aliphatic heterocycles. The fraction of sp³-hybridized carbons (Fsp3) is 0.333. The summed E-state index contributed by atoms with van der Waals surface area (Å²) in [6, 6.07) is 15.9. The van der Waals surface area contributed by atoms with Gasteiger partial charge >= 0.3 is 0 Å². The molecule has 5 N–H and O–H groups in total. The number of ether oxygens (including phenoxy) is 1. The Morgan fingerprint density at radius 3 is 2.43 bits per heavy atom. The van der Waals surface area contributed by atoms with Gasteiger partial charge in [0.1, 0.15) is 47.5 Å². The van der Waals surface area contributed by atoms with Crippen LogP contribution in [0.4, 0.5) is 5.69 Å². The number of nitrogens with zero attached hydrogens (tertiary/aromatic N) is 2. The van der Waals surface area contributed by atoms with Crippen LogP contribution in [0.1, 0.15) is 12.7 Å². The van der Waals surface area contributed by atoms with Gasteiger partial charge in [0.25, 0.3) is 5.91 Å². The van der Waals surface area contributed by atoms with Crippen molar-refractivity contribution in [1.82, 2.24) is 5.32 Å². The predicted octanol–water partition coefficient (Wildman–Crippen LogP) is 1.38. The summed E-state index contributed by atoms with van der Waals surface area (Å²) in [6.07, 6.45) is -6.07. The van der Waals surface area contributed by atoms with Crippen LogP contribution in [0.3, 0.4) is 0 Å². The molecule has 1 saturated heterocycles. The van der Waals surface area contributed by atoms with E-state index in [9.17, 15) is 30.5 Å². The molecule has 0 spiro atoms. The first-order chi connectivity index (χ1) is 17.6. The molecule has 10 heteroatoms. The number of carbonyl (C=O) groups excluding carboxylic acids is 1. The van der Waals surface area contributed by atoms with Gasteiger partial charge in [-0.3, -0.25) is 4.79 Å². The number of anilines is 1. The summed E-state index contributed by atoms with van der Waals surface area (Å²) >= 11 is 0. The average molecular weight is 508 g/mol. The van der Waals surface area contributed by atoms with Gasteiger partial charge in [-0.2, -0.15) is 5.26 Å². The van der Waals surface area contributed by atoms with Crippen LogP contribution < -0.4 is 10.2 Å². The highest BCUT2D eigenvalue weighted by Crippen LogP contribution is 2.31. The van der Waals surface area contributed by atoms with Crippen LogP contribution in [-0.4, -0.2) is 77.7 Å². The maximum Gasteiger partial charge on any atom is 0.262 e. The highest BCUT2D eigenvalue weighted by molar-refractivity contribution is 6.04. The van der Waals surface area contributed by atoms with Crippen LogP contribution in [0.2, 0.25) is 0 Å². The lowest BCUT2D eigenvalue weighted by atomic mass is 9.96. The number of nitriles is 1. The molecular weight excluding hydrogens is 478 g/mol. The van der Waals surface area contributed by atoms with Crippen molar-refractivity contribution in [3.8, 4) is 17.4 Å². The molecule has 0 aliphatic carbocycles. The molecule has 1 aromatic heterocycles. The van der Waals surface area contributed by atoms with Crippen LogP contribution in [0.5, 0.6) is 0 Å². The predicted molar refractivity (Wildman–Crippen MR) is 136 cm³/mol. The van der Waals surface area contributed by atoms with Gasteiger partial charge < -0.3 is 39.8 Å². The van der Waals surface area contributed by atoms with Crippen molar-refractivity contribution in [1.29, 1.82) is 5.26 Å². The van der Waals surface area contributed by atoms with Crippen molar-refractivity contribution in [2.24, 2.45) is 0 Å². The quantitative estimate of drug-likeness (QED) is 0.245. The third kappa shape index (κ3) is 5.22. The van der Waals surface area contributed by atoms with Gasteiger partial charge in [0.05, 0.1) is 6.61 Å². The lowest BCUT2D eigenvalue weighted by molar-refractivity contribution is -0.253. The smallest absolute Gasteiger partial charge is 0.262 e. The van der Waals surface area contributed by atoms with E-state index < -0.39 is 43.2 Å². The molecular formula is C27H29N3O7. The van der Waals surface area contributed by atoms with Gasteiger partial charge in [0, 0.05) is 30.9 Å². The number of carbonyl (C=O) groups is 1. The molecule has 1 fully saturated rings. The van der Waals surface area contributed by atoms with E-state index in [0.717, 1.165) is 22.0 Å². The molecule has 194 valence electrons. The standard InChI is InChI=1S/C27H29N3O7/c1-14(19(12-28)26(34)29-23-25(33)24(32)22(13-31)37-27(23)35)20-8-9-21(36-20)17-5-4-16-11-18(30(2)3)7-6-15(16)10-17/h4-11,22-25,27,31-33,35H,13H2,1-3H3,(H,29,34)/b19-14+/t22-,23-,24-,25-,27?/m1/s1. The number of aliphatic hydroxyl groups excluding tert-OH is 4. The summed E-state index contributed by atoms with van der Waals surface area (Å²) in [7, 11) is 3.96. The maximum atomic E-state index is 12.9. The first kappa shape index (κ1) is 26.3. The second-order valence-corrected chi connectivity index (χ2v) is 9.14. The fourth-order valence-corrected chi connectivity index (χ4v) is 4.26. The Hall–Kier alpha value is -3.72. The van der Waals surface area contributed by atoms with E-state index in [2.05, 4.69) is 11.4 Å². The van der Waals surface area contributed by atoms with E-state index in [1.54, 1.807) is 19.1 Å². The summed E-state index contributed by atoms with van der Waals surface area (Å²) in [5.74, 6) is -0.0388. The summed E-state index contributed by atoms with van der Waals surface area (Å²) < 4.78 is 11.0. The maximum absolute atomic E-state index is 12.9. The number of rotatable bonds is 6. The molecule has 10 nitrogen and oxygen atoms in total. The van der Waals surface area contributed by atoms with E-state index >= 15 is 0 Å². The molecule has 1 amide bonds. The number of nitrogens with one attached hydrogen (secondary N) is 1. The number of aliphatic hydroxyl groups is 4. The fourth-order valence-electron chi connectivity index (χ4n) is 4.26. The lowest BCUT2D eigenvalue weighted by Crippen LogP contribution is -2.64. The van der Waals surface area contributed by atoms with Gasteiger partial charge in [-0.25, -0.2) is 0 Å². The van der Waals surface area contributed by atoms with Crippen molar-refractivity contribution in [3.63, 3.8) is 0 Å². The molecule has 0 radical (unpaired) electrons. The van der Waals surface area contributed by atoms with Crippen LogP contribution >= 0.6 is 0 Å². The Morgan fingerprint density at radius 2 is 1.76 bits per heavy atom. The molecule has 1 unspecified atom stereocenters. The zero-order valence-electron chi connectivity index (χ0n) is 20.6. The molecule has 2 heterocycles. The van der Waals surface area contributed by atoms with E-state index in [-0.39, 0.29) is 11.1 Å². The molecule has 4 rings (SSSR count). The van der Waals surface area contributed by atoms with Crippen molar-refractivity contribution in [2.45, 2.75) is 37.6 Å². The van der Waals surface area contributed by atoms with Crippen molar-refractivity contribution in [2.75, 3.05) is 25.6 Å². The molecule has 0 saturated carbocycles. The van der Waals surface area contributed by atoms with Crippen molar-refractivity contribution >= 4 is 27.9 Å². The zero-order valence-corrected chi connectivity index (χ0v) is 20.6. The highest BCUT2D eigenvalue weighted by atomic mass is 16.6. The number of benzene rings is 2. The first-order valence-electron chi connectivity index (χ1n) is 11.7. The van der Waals surface area contributed by atoms with Crippen LogP contribution in [0.25, 0.3) is 27.7 Å². The Bertz CT molecular complexity index is 1370. The number of hydrogen-bond acceptors (Lipinski definition) is 9. The minimum atomic E-state index is -1.70. The Kier molecular flexibility index (Phi) is 7.63. The number of furan rings is 1. The summed E-state index contributed by atoms with van der Waals surface area (Å²) in [5, 5.41) is 53.8. The van der Waals surface area contributed by atoms with Gasteiger partial charge in [0.15, 0.2) is 6.29 Å². The zero-order chi connectivity index (χ0) is 26.9. The van der Waals surface area contributed by atoms with E-state index in [4.69, 9.17) is 9.15 Å². The molecule has 3 aromatic rings. The molecule has 0 bridgehead atoms. The van der Waals surface area contributed by atoms with Gasteiger partial charge in [-0.05, 0) is 48.0 Å². The molecule has 1 aliphatic rings. The third-order valence-corrected chi connectivity index (χ3v) is 6.51. The normalized spacial score (nSPS) is 24.3. The average Bonchev–Trinajstić information content (AvgIpc) is 3.39. The minimum Gasteiger partial charge on any atom is -0.456 e. The number of hydrogen-bond donors (Lipinski definition) is 5. The molecule has 5 atom stereocenters. The lowest BCUT2D eigenvalue weighted by Gasteiger charge is -2.40. The van der Waals surface area contributed by atoms with Crippen LogP contribution in [0.15, 0.2) is 58.5 Å². The van der Waals surface area contributed by atoms with E-state index in [1.165, 1.54) is 0 Å². The first-order valence-corrected chi connectivity index (χ1v) is 11.7. The Morgan fingerprint density at radius 1 is 1.05 bits per heavy atom. The molecule has 37 heavy (non-hydrogen) atoms. The monoisotopic (exact) mass is 507 g/mol. The number of amides is 1.